The molecule has 2 aromatic carbocycles. The van der Waals surface area contributed by atoms with Crippen molar-refractivity contribution in [3.8, 4) is 16.9 Å². The van der Waals surface area contributed by atoms with E-state index in [1.54, 1.807) is 41.5 Å². The molecule has 0 aliphatic carbocycles. The molecule has 0 spiro atoms. The van der Waals surface area contributed by atoms with Crippen molar-refractivity contribution in [1.29, 1.82) is 0 Å². The van der Waals surface area contributed by atoms with Crippen LogP contribution in [0.3, 0.4) is 0 Å². The summed E-state index contributed by atoms with van der Waals surface area (Å²) in [6.45, 7) is 11.2. The van der Waals surface area contributed by atoms with Gasteiger partial charge in [0.2, 0.25) is 5.91 Å². The summed E-state index contributed by atoms with van der Waals surface area (Å²) < 4.78 is 17.0. The van der Waals surface area contributed by atoms with Gasteiger partial charge in [0, 0.05) is 19.5 Å². The van der Waals surface area contributed by atoms with Crippen LogP contribution in [-0.4, -0.2) is 66.0 Å². The van der Waals surface area contributed by atoms with Crippen LogP contribution in [0.1, 0.15) is 48.0 Å². The Morgan fingerprint density at radius 3 is 2.13 bits per heavy atom. The quantitative estimate of drug-likeness (QED) is 0.506. The fourth-order valence-corrected chi connectivity index (χ4v) is 4.01. The fourth-order valence-electron chi connectivity index (χ4n) is 4.01. The fraction of sp³-hybridized carbons (Fsp3) is 0.483. The van der Waals surface area contributed by atoms with Crippen molar-refractivity contribution >= 4 is 18.1 Å². The molecule has 1 fully saturated rings. The number of alkyl carbamates (subject to hydrolysis) is 1. The van der Waals surface area contributed by atoms with Gasteiger partial charge in [0.25, 0.3) is 0 Å². The summed E-state index contributed by atoms with van der Waals surface area (Å²) in [6, 6.07) is 16.9. The maximum Gasteiger partial charge on any atom is 0.411 e. The van der Waals surface area contributed by atoms with Gasteiger partial charge in [-0.15, -0.1) is 0 Å². The Labute approximate surface area is 224 Å². The van der Waals surface area contributed by atoms with Crippen LogP contribution < -0.4 is 15.4 Å². The van der Waals surface area contributed by atoms with Gasteiger partial charge in [-0.3, -0.25) is 9.69 Å². The van der Waals surface area contributed by atoms with Gasteiger partial charge in [0.1, 0.15) is 29.1 Å². The summed E-state index contributed by atoms with van der Waals surface area (Å²) in [7, 11) is 0. The molecule has 2 atom stereocenters. The van der Waals surface area contributed by atoms with E-state index < -0.39 is 35.5 Å². The second-order valence-corrected chi connectivity index (χ2v) is 11.2. The number of nitrogens with one attached hydrogen (secondary N) is 2. The van der Waals surface area contributed by atoms with Crippen LogP contribution >= 0.6 is 0 Å². The molecule has 0 saturated carbocycles. The molecule has 3 rings (SSSR count). The predicted molar refractivity (Wildman–Crippen MR) is 145 cm³/mol. The molecule has 2 N–H and O–H groups in total. The Balaban J connectivity index is 1.64. The molecule has 38 heavy (non-hydrogen) atoms. The molecular weight excluding hydrogens is 486 g/mol. The number of amides is 3. The topological polar surface area (TPSA) is 106 Å². The molecule has 2 aromatic rings. The molecule has 9 nitrogen and oxygen atoms in total. The Hall–Kier alpha value is -3.75. The highest BCUT2D eigenvalue weighted by Crippen LogP contribution is 2.28. The third-order valence-electron chi connectivity index (χ3n) is 5.53. The first-order valence-corrected chi connectivity index (χ1v) is 12.9. The molecule has 3 amide bonds. The van der Waals surface area contributed by atoms with Gasteiger partial charge in [-0.2, -0.15) is 0 Å². The molecule has 1 heterocycles. The lowest BCUT2D eigenvalue weighted by Crippen LogP contribution is -2.48. The van der Waals surface area contributed by atoms with E-state index >= 15 is 0 Å². The van der Waals surface area contributed by atoms with E-state index in [0.29, 0.717) is 12.2 Å². The van der Waals surface area contributed by atoms with E-state index in [1.807, 2.05) is 54.6 Å². The zero-order valence-electron chi connectivity index (χ0n) is 23.1. The van der Waals surface area contributed by atoms with Gasteiger partial charge < -0.3 is 24.8 Å². The summed E-state index contributed by atoms with van der Waals surface area (Å²) in [6.07, 6.45) is -1.23. The molecule has 9 heteroatoms. The molecular formula is C29H39N3O6. The molecule has 0 aromatic heterocycles. The van der Waals surface area contributed by atoms with E-state index in [2.05, 4.69) is 10.6 Å². The number of hydrogen-bond donors (Lipinski definition) is 2. The van der Waals surface area contributed by atoms with Crippen LogP contribution in [-0.2, 0) is 14.3 Å². The first-order chi connectivity index (χ1) is 17.8. The molecule has 0 radical (unpaired) electrons. The third kappa shape index (κ3) is 8.97. The summed E-state index contributed by atoms with van der Waals surface area (Å²) in [5.41, 5.74) is 0.757. The van der Waals surface area contributed by atoms with Gasteiger partial charge >= 0.3 is 12.2 Å². The molecule has 0 bridgehead atoms. The molecule has 1 aliphatic heterocycles. The van der Waals surface area contributed by atoms with E-state index in [4.69, 9.17) is 14.2 Å². The average Bonchev–Trinajstić information content (AvgIpc) is 3.24. The zero-order chi connectivity index (χ0) is 27.9. The number of carbonyl (C=O) groups is 3. The second-order valence-electron chi connectivity index (χ2n) is 11.2. The van der Waals surface area contributed by atoms with Crippen molar-refractivity contribution < 1.29 is 28.6 Å². The number of likely N-dealkylation sites (tertiary alicyclic amines) is 1. The lowest BCUT2D eigenvalue weighted by Gasteiger charge is -2.27. The first-order valence-electron chi connectivity index (χ1n) is 12.9. The minimum atomic E-state index is -0.770. The largest absolute Gasteiger partial charge is 0.488 e. The highest BCUT2D eigenvalue weighted by atomic mass is 16.6. The lowest BCUT2D eigenvalue weighted by atomic mass is 10.1. The summed E-state index contributed by atoms with van der Waals surface area (Å²) >= 11 is 0. The van der Waals surface area contributed by atoms with Crippen LogP contribution in [0.2, 0.25) is 0 Å². The van der Waals surface area contributed by atoms with Crippen molar-refractivity contribution in [3.63, 3.8) is 0 Å². The minimum absolute atomic E-state index is 0.182. The average molecular weight is 526 g/mol. The Morgan fingerprint density at radius 1 is 0.842 bits per heavy atom. The van der Waals surface area contributed by atoms with Crippen molar-refractivity contribution in [2.75, 3.05) is 19.6 Å². The van der Waals surface area contributed by atoms with Gasteiger partial charge in [0.05, 0.1) is 6.54 Å². The molecule has 1 aliphatic rings. The first kappa shape index (κ1) is 28.8. The van der Waals surface area contributed by atoms with Crippen molar-refractivity contribution in [1.82, 2.24) is 15.5 Å². The maximum absolute atomic E-state index is 13.1. The molecule has 1 saturated heterocycles. The SMILES string of the molecule is CC(C)(C)OC(=O)NCCNC(=O)[C@@H]1C[C@@H](Oc2cccc(-c3ccccc3)c2)CN1C(=O)OC(C)(C)C. The number of hydrogen-bond acceptors (Lipinski definition) is 6. The smallest absolute Gasteiger partial charge is 0.411 e. The van der Waals surface area contributed by atoms with Crippen LogP contribution in [0.25, 0.3) is 11.1 Å². The second kappa shape index (κ2) is 12.2. The zero-order valence-corrected chi connectivity index (χ0v) is 23.1. The van der Waals surface area contributed by atoms with Gasteiger partial charge in [0.15, 0.2) is 0 Å². The van der Waals surface area contributed by atoms with E-state index in [-0.39, 0.29) is 25.5 Å². The third-order valence-corrected chi connectivity index (χ3v) is 5.53. The van der Waals surface area contributed by atoms with Crippen molar-refractivity contribution in [2.24, 2.45) is 0 Å². The highest BCUT2D eigenvalue weighted by molar-refractivity contribution is 5.86. The van der Waals surface area contributed by atoms with E-state index in [1.165, 1.54) is 4.90 Å². The Bertz CT molecular complexity index is 1110. The predicted octanol–water partition coefficient (Wildman–Crippen LogP) is 4.75. The van der Waals surface area contributed by atoms with Crippen LogP contribution in [0.4, 0.5) is 9.59 Å². The summed E-state index contributed by atoms with van der Waals surface area (Å²) in [5, 5.41) is 5.40. The number of rotatable bonds is 7. The highest BCUT2D eigenvalue weighted by Gasteiger charge is 2.42. The van der Waals surface area contributed by atoms with E-state index in [0.717, 1.165) is 11.1 Å². The Morgan fingerprint density at radius 2 is 1.47 bits per heavy atom. The van der Waals surface area contributed by atoms with Gasteiger partial charge in [-0.1, -0.05) is 42.5 Å². The number of ether oxygens (including phenoxy) is 3. The lowest BCUT2D eigenvalue weighted by molar-refractivity contribution is -0.125. The van der Waals surface area contributed by atoms with Crippen LogP contribution in [0.5, 0.6) is 5.75 Å². The van der Waals surface area contributed by atoms with Crippen molar-refractivity contribution in [3.05, 3.63) is 54.6 Å². The standard InChI is InChI=1S/C29H39N3O6/c1-28(2,3)37-26(34)31-16-15-30-25(33)24-18-23(19-32(24)27(35)38-29(4,5)6)36-22-14-10-13-21(17-22)20-11-8-7-9-12-20/h7-14,17,23-24H,15-16,18-19H2,1-6H3,(H,30,33)(H,31,34)/t23-,24+/m1/s1. The van der Waals surface area contributed by atoms with Crippen LogP contribution in [0.15, 0.2) is 54.6 Å². The number of nitrogens with zero attached hydrogens (tertiary/aromatic N) is 1. The molecule has 206 valence electrons. The number of benzene rings is 2. The summed E-state index contributed by atoms with van der Waals surface area (Å²) in [4.78, 5) is 39.3. The number of carbonyl (C=O) groups excluding carboxylic acids is 3. The minimum Gasteiger partial charge on any atom is -0.488 e. The van der Waals surface area contributed by atoms with E-state index in [9.17, 15) is 14.4 Å². The normalized spacial score (nSPS) is 17.5. The van der Waals surface area contributed by atoms with Gasteiger partial charge in [-0.25, -0.2) is 9.59 Å². The monoisotopic (exact) mass is 525 g/mol. The molecule has 0 unspecified atom stereocenters. The maximum atomic E-state index is 13.1. The Kier molecular flexibility index (Phi) is 9.25. The van der Waals surface area contributed by atoms with Crippen LogP contribution in [0, 0.1) is 0 Å². The van der Waals surface area contributed by atoms with Gasteiger partial charge in [-0.05, 0) is 64.8 Å². The van der Waals surface area contributed by atoms with Crippen molar-refractivity contribution in [2.45, 2.75) is 71.3 Å². The summed E-state index contributed by atoms with van der Waals surface area (Å²) in [5.74, 6) is 0.314.